The van der Waals surface area contributed by atoms with Gasteiger partial charge in [0.15, 0.2) is 0 Å². The van der Waals surface area contributed by atoms with Gasteiger partial charge in [-0.2, -0.15) is 0 Å². The molecule has 0 aromatic heterocycles. The molecule has 3 nitrogen and oxygen atoms in total. The Balaban J connectivity index is 2.11. The number of rotatable bonds is 5. The van der Waals surface area contributed by atoms with Gasteiger partial charge in [-0.3, -0.25) is 10.1 Å². The van der Waals surface area contributed by atoms with Crippen LogP contribution in [0.2, 0.25) is 0 Å². The van der Waals surface area contributed by atoms with Gasteiger partial charge in [-0.25, -0.2) is 0 Å². The lowest BCUT2D eigenvalue weighted by atomic mass is 9.77. The summed E-state index contributed by atoms with van der Waals surface area (Å²) in [6, 6.07) is 10.3. The predicted molar refractivity (Wildman–Crippen MR) is 68.3 cm³/mol. The van der Waals surface area contributed by atoms with E-state index in [4.69, 9.17) is 5.73 Å². The Kier molecular flexibility index (Phi) is 3.79. The minimum Gasteiger partial charge on any atom is -0.368 e. The number of amides is 1. The van der Waals surface area contributed by atoms with Crippen molar-refractivity contribution >= 4 is 5.91 Å². The summed E-state index contributed by atoms with van der Waals surface area (Å²) in [6.45, 7) is 1.83. The van der Waals surface area contributed by atoms with Gasteiger partial charge in [0.25, 0.3) is 0 Å². The van der Waals surface area contributed by atoms with Crippen molar-refractivity contribution in [2.75, 3.05) is 0 Å². The third-order valence-electron chi connectivity index (χ3n) is 3.64. The molecule has 3 heteroatoms. The van der Waals surface area contributed by atoms with E-state index in [0.29, 0.717) is 5.92 Å². The number of primary amides is 1. The van der Waals surface area contributed by atoms with Crippen LogP contribution in [0, 0.1) is 5.92 Å². The van der Waals surface area contributed by atoms with Crippen LogP contribution in [-0.2, 0) is 4.79 Å². The molecule has 1 fully saturated rings. The first-order valence-electron chi connectivity index (χ1n) is 6.29. The number of nitrogens with two attached hydrogens (primary N) is 1. The molecule has 17 heavy (non-hydrogen) atoms. The van der Waals surface area contributed by atoms with E-state index in [2.05, 4.69) is 17.4 Å². The second-order valence-corrected chi connectivity index (χ2v) is 4.87. The SMILES string of the molecule is C[C@@H](N[C@H](c1ccccc1)C1CCC1)C(N)=O. The molecule has 1 aromatic rings. The molecule has 0 aliphatic heterocycles. The average molecular weight is 232 g/mol. The van der Waals surface area contributed by atoms with Crippen molar-refractivity contribution in [3.8, 4) is 0 Å². The summed E-state index contributed by atoms with van der Waals surface area (Å²) >= 11 is 0. The zero-order valence-corrected chi connectivity index (χ0v) is 10.2. The molecular formula is C14H20N2O. The topological polar surface area (TPSA) is 55.1 Å². The Morgan fingerprint density at radius 3 is 2.47 bits per heavy atom. The highest BCUT2D eigenvalue weighted by Crippen LogP contribution is 2.37. The van der Waals surface area contributed by atoms with Gasteiger partial charge in [0.2, 0.25) is 5.91 Å². The summed E-state index contributed by atoms with van der Waals surface area (Å²) in [5, 5.41) is 3.36. The smallest absolute Gasteiger partial charge is 0.234 e. The predicted octanol–water partition coefficient (Wildman–Crippen LogP) is 1.99. The molecular weight excluding hydrogens is 212 g/mol. The molecule has 92 valence electrons. The molecule has 1 saturated carbocycles. The van der Waals surface area contributed by atoms with E-state index in [-0.39, 0.29) is 18.0 Å². The molecule has 2 rings (SSSR count). The molecule has 2 atom stereocenters. The summed E-state index contributed by atoms with van der Waals surface area (Å²) in [5.41, 5.74) is 6.58. The Morgan fingerprint density at radius 2 is 2.00 bits per heavy atom. The van der Waals surface area contributed by atoms with Crippen LogP contribution in [0.3, 0.4) is 0 Å². The summed E-state index contributed by atoms with van der Waals surface area (Å²) < 4.78 is 0. The molecule has 3 N–H and O–H groups in total. The normalized spacial score (nSPS) is 19.4. The first kappa shape index (κ1) is 12.1. The standard InChI is InChI=1S/C14H20N2O/c1-10(14(15)17)16-13(12-8-5-9-12)11-6-3-2-4-7-11/h2-4,6-7,10,12-13,16H,5,8-9H2,1H3,(H2,15,17)/t10-,13-/m1/s1. The van der Waals surface area contributed by atoms with Crippen molar-refractivity contribution in [2.45, 2.75) is 38.3 Å². The summed E-state index contributed by atoms with van der Waals surface area (Å²) in [4.78, 5) is 11.2. The molecule has 0 spiro atoms. The quantitative estimate of drug-likeness (QED) is 0.815. The summed E-state index contributed by atoms with van der Waals surface area (Å²) in [7, 11) is 0. The van der Waals surface area contributed by atoms with Gasteiger partial charge in [-0.15, -0.1) is 0 Å². The van der Waals surface area contributed by atoms with Gasteiger partial charge in [0.05, 0.1) is 6.04 Å². The highest BCUT2D eigenvalue weighted by Gasteiger charge is 2.29. The van der Waals surface area contributed by atoms with E-state index in [1.54, 1.807) is 0 Å². The minimum absolute atomic E-state index is 0.257. The molecule has 0 unspecified atom stereocenters. The van der Waals surface area contributed by atoms with E-state index >= 15 is 0 Å². The van der Waals surface area contributed by atoms with Crippen molar-refractivity contribution in [2.24, 2.45) is 11.7 Å². The fourth-order valence-electron chi connectivity index (χ4n) is 2.29. The second-order valence-electron chi connectivity index (χ2n) is 4.87. The second kappa shape index (κ2) is 5.32. The van der Waals surface area contributed by atoms with Gasteiger partial charge in [0.1, 0.15) is 0 Å². The van der Waals surface area contributed by atoms with Gasteiger partial charge in [-0.05, 0) is 31.2 Å². The van der Waals surface area contributed by atoms with Crippen LogP contribution in [0.15, 0.2) is 30.3 Å². The van der Waals surface area contributed by atoms with E-state index < -0.39 is 0 Å². The van der Waals surface area contributed by atoms with Crippen molar-refractivity contribution in [1.29, 1.82) is 0 Å². The van der Waals surface area contributed by atoms with Crippen LogP contribution in [0.4, 0.5) is 0 Å². The van der Waals surface area contributed by atoms with E-state index in [1.807, 2.05) is 25.1 Å². The first-order valence-corrected chi connectivity index (χ1v) is 6.29. The fourth-order valence-corrected chi connectivity index (χ4v) is 2.29. The van der Waals surface area contributed by atoms with E-state index in [0.717, 1.165) is 0 Å². The Bertz CT molecular complexity index is 373. The van der Waals surface area contributed by atoms with Crippen molar-refractivity contribution in [3.63, 3.8) is 0 Å². The molecule has 0 heterocycles. The van der Waals surface area contributed by atoms with Crippen molar-refractivity contribution in [3.05, 3.63) is 35.9 Å². The number of carbonyl (C=O) groups is 1. The number of nitrogens with one attached hydrogen (secondary N) is 1. The molecule has 0 bridgehead atoms. The lowest BCUT2D eigenvalue weighted by Crippen LogP contribution is -2.44. The maximum absolute atomic E-state index is 11.2. The van der Waals surface area contributed by atoms with Crippen LogP contribution in [-0.4, -0.2) is 11.9 Å². The van der Waals surface area contributed by atoms with Crippen molar-refractivity contribution in [1.82, 2.24) is 5.32 Å². The van der Waals surface area contributed by atoms with Gasteiger partial charge in [0, 0.05) is 6.04 Å². The zero-order valence-electron chi connectivity index (χ0n) is 10.2. The van der Waals surface area contributed by atoms with E-state index in [9.17, 15) is 4.79 Å². The monoisotopic (exact) mass is 232 g/mol. The van der Waals surface area contributed by atoms with Crippen LogP contribution in [0.5, 0.6) is 0 Å². The van der Waals surface area contributed by atoms with Crippen LogP contribution in [0.1, 0.15) is 37.8 Å². The molecule has 1 aliphatic rings. The molecule has 1 aliphatic carbocycles. The molecule has 0 radical (unpaired) electrons. The third kappa shape index (κ3) is 2.86. The van der Waals surface area contributed by atoms with Crippen LogP contribution in [0.25, 0.3) is 0 Å². The summed E-state index contributed by atoms with van der Waals surface area (Å²) in [6.07, 6.45) is 3.76. The molecule has 1 amide bonds. The highest BCUT2D eigenvalue weighted by atomic mass is 16.1. The van der Waals surface area contributed by atoms with Gasteiger partial charge in [-0.1, -0.05) is 36.8 Å². The van der Waals surface area contributed by atoms with E-state index in [1.165, 1.54) is 24.8 Å². The summed E-state index contributed by atoms with van der Waals surface area (Å²) in [5.74, 6) is 0.351. The zero-order chi connectivity index (χ0) is 12.3. The number of hydrogen-bond acceptors (Lipinski definition) is 2. The highest BCUT2D eigenvalue weighted by molar-refractivity contribution is 5.79. The number of benzene rings is 1. The van der Waals surface area contributed by atoms with Crippen LogP contribution < -0.4 is 11.1 Å². The number of carbonyl (C=O) groups excluding carboxylic acids is 1. The lowest BCUT2D eigenvalue weighted by molar-refractivity contribution is -0.120. The van der Waals surface area contributed by atoms with Crippen LogP contribution >= 0.6 is 0 Å². The first-order chi connectivity index (χ1) is 8.18. The van der Waals surface area contributed by atoms with Crippen molar-refractivity contribution < 1.29 is 4.79 Å². The Morgan fingerprint density at radius 1 is 1.35 bits per heavy atom. The maximum Gasteiger partial charge on any atom is 0.234 e. The van der Waals surface area contributed by atoms with Gasteiger partial charge < -0.3 is 5.73 Å². The fraction of sp³-hybridized carbons (Fsp3) is 0.500. The molecule has 0 saturated heterocycles. The minimum atomic E-state index is -0.287. The Hall–Kier alpha value is -1.35. The lowest BCUT2D eigenvalue weighted by Gasteiger charge is -2.36. The molecule has 1 aromatic carbocycles. The Labute approximate surface area is 102 Å². The average Bonchev–Trinajstić information content (AvgIpc) is 2.26. The maximum atomic E-state index is 11.2. The third-order valence-corrected chi connectivity index (χ3v) is 3.64. The van der Waals surface area contributed by atoms with Gasteiger partial charge >= 0.3 is 0 Å². The largest absolute Gasteiger partial charge is 0.368 e. The number of hydrogen-bond donors (Lipinski definition) is 2.